The van der Waals surface area contributed by atoms with Crippen LogP contribution in [0.15, 0.2) is 65.8 Å². The van der Waals surface area contributed by atoms with E-state index in [9.17, 15) is 19.7 Å². The van der Waals surface area contributed by atoms with Crippen molar-refractivity contribution in [1.82, 2.24) is 24.6 Å². The predicted molar refractivity (Wildman–Crippen MR) is 122 cm³/mol. The molecule has 0 saturated carbocycles. The highest BCUT2D eigenvalue weighted by Crippen LogP contribution is 2.15. The standard InChI is InChI=1S/C22H19ClN6O4/c23-19-4-2-1-3-16(19)11-20(30)24-9-10-28-21-18(12-26-28)22(31)27(14-25-21)13-15-5-7-17(8-6-15)29(32)33/h1-8,12,14H,9-11,13H2,(H,24,30). The number of nitro groups is 1. The van der Waals surface area contributed by atoms with Gasteiger partial charge in [0.2, 0.25) is 5.91 Å². The van der Waals surface area contributed by atoms with Crippen LogP contribution in [-0.4, -0.2) is 36.7 Å². The highest BCUT2D eigenvalue weighted by Gasteiger charge is 2.12. The van der Waals surface area contributed by atoms with Crippen molar-refractivity contribution < 1.29 is 9.72 Å². The number of nitrogens with one attached hydrogen (secondary N) is 1. The molecular formula is C22H19ClN6O4. The number of benzene rings is 2. The van der Waals surface area contributed by atoms with Gasteiger partial charge >= 0.3 is 0 Å². The molecule has 0 aliphatic heterocycles. The molecule has 0 radical (unpaired) electrons. The lowest BCUT2D eigenvalue weighted by Gasteiger charge is -2.08. The van der Waals surface area contributed by atoms with E-state index in [2.05, 4.69) is 15.4 Å². The van der Waals surface area contributed by atoms with Crippen molar-refractivity contribution in [3.05, 3.63) is 97.7 Å². The highest BCUT2D eigenvalue weighted by molar-refractivity contribution is 6.31. The maximum atomic E-state index is 12.8. The van der Waals surface area contributed by atoms with Crippen molar-refractivity contribution in [3.63, 3.8) is 0 Å². The van der Waals surface area contributed by atoms with Crippen LogP contribution in [0.4, 0.5) is 5.69 Å². The SMILES string of the molecule is O=C(Cc1ccccc1Cl)NCCn1ncc2c(=O)n(Cc3ccc([N+](=O)[O-])cc3)cnc21. The molecule has 4 rings (SSSR count). The summed E-state index contributed by atoms with van der Waals surface area (Å²) < 4.78 is 2.98. The summed E-state index contributed by atoms with van der Waals surface area (Å²) in [7, 11) is 0. The monoisotopic (exact) mass is 466 g/mol. The van der Waals surface area contributed by atoms with E-state index in [1.807, 2.05) is 6.07 Å². The molecule has 0 bridgehead atoms. The van der Waals surface area contributed by atoms with Crippen LogP contribution >= 0.6 is 11.6 Å². The van der Waals surface area contributed by atoms with Crippen LogP contribution < -0.4 is 10.9 Å². The van der Waals surface area contributed by atoms with E-state index in [4.69, 9.17) is 11.6 Å². The Morgan fingerprint density at radius 1 is 1.15 bits per heavy atom. The lowest BCUT2D eigenvalue weighted by atomic mass is 10.1. The first-order chi connectivity index (χ1) is 15.9. The van der Waals surface area contributed by atoms with Gasteiger partial charge in [-0.25, -0.2) is 9.67 Å². The van der Waals surface area contributed by atoms with E-state index in [1.54, 1.807) is 35.0 Å². The minimum atomic E-state index is -0.475. The van der Waals surface area contributed by atoms with E-state index in [0.29, 0.717) is 29.1 Å². The molecule has 2 aromatic carbocycles. The molecule has 168 valence electrons. The third-order valence-electron chi connectivity index (χ3n) is 5.08. The Labute approximate surface area is 192 Å². The lowest BCUT2D eigenvalue weighted by Crippen LogP contribution is -2.29. The second kappa shape index (κ2) is 9.61. The molecule has 0 aliphatic carbocycles. The van der Waals surface area contributed by atoms with Gasteiger partial charge in [-0.15, -0.1) is 0 Å². The average Bonchev–Trinajstić information content (AvgIpc) is 3.21. The number of rotatable bonds is 8. The summed E-state index contributed by atoms with van der Waals surface area (Å²) in [6.07, 6.45) is 3.04. The minimum Gasteiger partial charge on any atom is -0.354 e. The number of carbonyl (C=O) groups excluding carboxylic acids is 1. The molecule has 33 heavy (non-hydrogen) atoms. The number of amides is 1. The van der Waals surface area contributed by atoms with Crippen LogP contribution in [0.25, 0.3) is 11.0 Å². The molecule has 11 heteroatoms. The number of carbonyl (C=O) groups is 1. The summed E-state index contributed by atoms with van der Waals surface area (Å²) in [5.74, 6) is -0.169. The van der Waals surface area contributed by atoms with Gasteiger partial charge in [-0.2, -0.15) is 5.10 Å². The number of aromatic nitrogens is 4. The molecule has 0 spiro atoms. The Hall–Kier alpha value is -4.05. The van der Waals surface area contributed by atoms with Gasteiger partial charge in [0.05, 0.1) is 30.6 Å². The summed E-state index contributed by atoms with van der Waals surface area (Å²) in [5.41, 5.74) is 1.61. The molecule has 1 N–H and O–H groups in total. The first-order valence-corrected chi connectivity index (χ1v) is 10.4. The number of non-ortho nitro benzene ring substituents is 1. The van der Waals surface area contributed by atoms with Gasteiger partial charge in [0.1, 0.15) is 11.7 Å². The number of halogens is 1. The van der Waals surface area contributed by atoms with Crippen molar-refractivity contribution in [1.29, 1.82) is 0 Å². The Bertz CT molecular complexity index is 1380. The molecule has 2 heterocycles. The fourth-order valence-corrected chi connectivity index (χ4v) is 3.57. The van der Waals surface area contributed by atoms with Crippen LogP contribution in [0.5, 0.6) is 0 Å². The number of nitrogens with zero attached hydrogens (tertiary/aromatic N) is 5. The summed E-state index contributed by atoms with van der Waals surface area (Å²) in [4.78, 5) is 39.7. The Kier molecular flexibility index (Phi) is 6.45. The summed E-state index contributed by atoms with van der Waals surface area (Å²) in [5, 5.41) is 18.7. The zero-order chi connectivity index (χ0) is 23.4. The molecule has 1 amide bonds. The number of fused-ring (bicyclic) bond motifs is 1. The van der Waals surface area contributed by atoms with Crippen molar-refractivity contribution in [3.8, 4) is 0 Å². The first-order valence-electron chi connectivity index (χ1n) is 10.1. The number of nitro benzene ring substituents is 1. The maximum Gasteiger partial charge on any atom is 0.269 e. The Morgan fingerprint density at radius 3 is 2.64 bits per heavy atom. The molecule has 4 aromatic rings. The van der Waals surface area contributed by atoms with E-state index in [1.165, 1.54) is 29.2 Å². The topological polar surface area (TPSA) is 125 Å². The molecular weight excluding hydrogens is 448 g/mol. The van der Waals surface area contributed by atoms with Gasteiger partial charge in [0.15, 0.2) is 5.65 Å². The molecule has 2 aromatic heterocycles. The smallest absolute Gasteiger partial charge is 0.269 e. The van der Waals surface area contributed by atoms with Gasteiger partial charge in [-0.1, -0.05) is 41.9 Å². The first kappa shape index (κ1) is 22.2. The zero-order valence-corrected chi connectivity index (χ0v) is 18.1. The third kappa shape index (κ3) is 5.07. The fourth-order valence-electron chi connectivity index (χ4n) is 3.37. The van der Waals surface area contributed by atoms with Gasteiger partial charge < -0.3 is 5.32 Å². The van der Waals surface area contributed by atoms with E-state index in [0.717, 1.165) is 11.1 Å². The largest absolute Gasteiger partial charge is 0.354 e. The number of hydrogen-bond acceptors (Lipinski definition) is 6. The second-order valence-electron chi connectivity index (χ2n) is 7.32. The second-order valence-corrected chi connectivity index (χ2v) is 7.73. The van der Waals surface area contributed by atoms with Crippen LogP contribution in [0, 0.1) is 10.1 Å². The average molecular weight is 467 g/mol. The third-order valence-corrected chi connectivity index (χ3v) is 5.45. The fraction of sp³-hybridized carbons (Fsp3) is 0.182. The van der Waals surface area contributed by atoms with Crippen LogP contribution in [0.1, 0.15) is 11.1 Å². The van der Waals surface area contributed by atoms with E-state index >= 15 is 0 Å². The molecule has 0 atom stereocenters. The quantitative estimate of drug-likeness (QED) is 0.314. The predicted octanol–water partition coefficient (Wildman–Crippen LogP) is 2.56. The van der Waals surface area contributed by atoms with Crippen molar-refractivity contribution in [2.24, 2.45) is 0 Å². The maximum absolute atomic E-state index is 12.8. The highest BCUT2D eigenvalue weighted by atomic mass is 35.5. The summed E-state index contributed by atoms with van der Waals surface area (Å²) in [6, 6.07) is 13.2. The van der Waals surface area contributed by atoms with Crippen molar-refractivity contribution in [2.75, 3.05) is 6.54 Å². The molecule has 10 nitrogen and oxygen atoms in total. The van der Waals surface area contributed by atoms with Crippen molar-refractivity contribution >= 4 is 34.2 Å². The zero-order valence-electron chi connectivity index (χ0n) is 17.3. The van der Waals surface area contributed by atoms with Crippen LogP contribution in [0.3, 0.4) is 0 Å². The normalized spacial score (nSPS) is 10.9. The molecule has 0 saturated heterocycles. The molecule has 0 unspecified atom stereocenters. The minimum absolute atomic E-state index is 0.0140. The van der Waals surface area contributed by atoms with Crippen LogP contribution in [-0.2, 0) is 24.3 Å². The van der Waals surface area contributed by atoms with Gasteiger partial charge in [-0.05, 0) is 17.2 Å². The number of hydrogen-bond donors (Lipinski definition) is 1. The lowest BCUT2D eigenvalue weighted by molar-refractivity contribution is -0.384. The van der Waals surface area contributed by atoms with Crippen molar-refractivity contribution in [2.45, 2.75) is 19.5 Å². The summed E-state index contributed by atoms with van der Waals surface area (Å²) >= 11 is 6.09. The Balaban J connectivity index is 1.40. The van der Waals surface area contributed by atoms with Gasteiger partial charge in [-0.3, -0.25) is 24.3 Å². The molecule has 0 aliphatic rings. The van der Waals surface area contributed by atoms with E-state index < -0.39 is 4.92 Å². The van der Waals surface area contributed by atoms with Crippen LogP contribution in [0.2, 0.25) is 5.02 Å². The molecule has 0 fully saturated rings. The van der Waals surface area contributed by atoms with Gasteiger partial charge in [0, 0.05) is 23.7 Å². The summed E-state index contributed by atoms with van der Waals surface area (Å²) in [6.45, 7) is 0.882. The van der Waals surface area contributed by atoms with E-state index in [-0.39, 0.29) is 30.1 Å². The van der Waals surface area contributed by atoms with Gasteiger partial charge in [0.25, 0.3) is 11.2 Å². The Morgan fingerprint density at radius 2 is 1.91 bits per heavy atom.